The lowest BCUT2D eigenvalue weighted by Gasteiger charge is -2.16. The van der Waals surface area contributed by atoms with Gasteiger partial charge in [0.1, 0.15) is 5.75 Å². The average molecular weight is 453 g/mol. The minimum Gasteiger partial charge on any atom is -0.484 e. The Labute approximate surface area is 189 Å². The van der Waals surface area contributed by atoms with Gasteiger partial charge in [0, 0.05) is 11.4 Å². The molecule has 0 saturated carbocycles. The van der Waals surface area contributed by atoms with Gasteiger partial charge in [0.25, 0.3) is 15.9 Å². The zero-order valence-corrected chi connectivity index (χ0v) is 19.5. The fourth-order valence-electron chi connectivity index (χ4n) is 3.22. The minimum atomic E-state index is -3.72. The van der Waals surface area contributed by atoms with Crippen LogP contribution in [0.15, 0.2) is 71.6 Å². The van der Waals surface area contributed by atoms with Crippen molar-refractivity contribution in [2.75, 3.05) is 16.6 Å². The van der Waals surface area contributed by atoms with Crippen molar-refractivity contribution in [3.63, 3.8) is 0 Å². The van der Waals surface area contributed by atoms with E-state index in [1.54, 1.807) is 12.1 Å². The monoisotopic (exact) mass is 452 g/mol. The summed E-state index contributed by atoms with van der Waals surface area (Å²) in [6.07, 6.45) is 0. The summed E-state index contributed by atoms with van der Waals surface area (Å²) >= 11 is 0. The molecule has 6 nitrogen and oxygen atoms in total. The first-order chi connectivity index (χ1) is 15.2. The van der Waals surface area contributed by atoms with Crippen LogP contribution in [0.2, 0.25) is 0 Å². The van der Waals surface area contributed by atoms with Crippen LogP contribution in [0, 0.1) is 13.8 Å². The molecule has 0 radical (unpaired) electrons. The van der Waals surface area contributed by atoms with Crippen LogP contribution in [0.5, 0.6) is 5.75 Å². The summed E-state index contributed by atoms with van der Waals surface area (Å²) in [5.74, 6) is 0.399. The standard InChI is InChI=1S/C25H28N2O4S/c1-17(2)23-7-5-6-19(4)25(23)26-24(28)16-31-21-12-14-22(15-13-21)32(29,30)27-20-10-8-18(3)9-11-20/h5-15,17,27H,16H2,1-4H3,(H,26,28). The quantitative estimate of drug-likeness (QED) is 0.489. The molecule has 0 aliphatic heterocycles. The first-order valence-corrected chi connectivity index (χ1v) is 11.9. The van der Waals surface area contributed by atoms with Crippen molar-refractivity contribution in [2.45, 2.75) is 38.5 Å². The molecule has 0 unspecified atom stereocenters. The normalized spacial score (nSPS) is 11.3. The number of hydrogen-bond donors (Lipinski definition) is 2. The predicted octanol–water partition coefficient (Wildman–Crippen LogP) is 5.25. The van der Waals surface area contributed by atoms with Crippen LogP contribution >= 0.6 is 0 Å². The molecular formula is C25H28N2O4S. The molecule has 32 heavy (non-hydrogen) atoms. The molecule has 0 aliphatic rings. The number of para-hydroxylation sites is 1. The van der Waals surface area contributed by atoms with E-state index in [0.29, 0.717) is 11.4 Å². The average Bonchev–Trinajstić information content (AvgIpc) is 2.75. The number of benzene rings is 3. The highest BCUT2D eigenvalue weighted by atomic mass is 32.2. The third-order valence-electron chi connectivity index (χ3n) is 5.00. The molecule has 0 aliphatic carbocycles. The van der Waals surface area contributed by atoms with Crippen molar-refractivity contribution >= 4 is 27.3 Å². The topological polar surface area (TPSA) is 84.5 Å². The Bertz CT molecular complexity index is 1190. The summed E-state index contributed by atoms with van der Waals surface area (Å²) in [5.41, 5.74) is 4.39. The number of carbonyl (C=O) groups is 1. The lowest BCUT2D eigenvalue weighted by molar-refractivity contribution is -0.118. The number of anilines is 2. The van der Waals surface area contributed by atoms with Gasteiger partial charge in [-0.25, -0.2) is 8.42 Å². The number of hydrogen-bond acceptors (Lipinski definition) is 4. The first-order valence-electron chi connectivity index (χ1n) is 10.4. The molecule has 3 aromatic rings. The van der Waals surface area contributed by atoms with E-state index in [-0.39, 0.29) is 23.3 Å². The maximum atomic E-state index is 12.6. The van der Waals surface area contributed by atoms with Gasteiger partial charge in [0.2, 0.25) is 0 Å². The van der Waals surface area contributed by atoms with Gasteiger partial charge in [-0.15, -0.1) is 0 Å². The van der Waals surface area contributed by atoms with Crippen LogP contribution in [-0.2, 0) is 14.8 Å². The zero-order chi connectivity index (χ0) is 23.3. The van der Waals surface area contributed by atoms with Crippen LogP contribution in [0.4, 0.5) is 11.4 Å². The predicted molar refractivity (Wildman–Crippen MR) is 128 cm³/mol. The first kappa shape index (κ1) is 23.3. The third-order valence-corrected chi connectivity index (χ3v) is 6.40. The molecule has 3 rings (SSSR count). The van der Waals surface area contributed by atoms with Crippen molar-refractivity contribution in [2.24, 2.45) is 0 Å². The van der Waals surface area contributed by atoms with Crippen LogP contribution < -0.4 is 14.8 Å². The van der Waals surface area contributed by atoms with E-state index in [2.05, 4.69) is 23.9 Å². The summed E-state index contributed by atoms with van der Waals surface area (Å²) < 4.78 is 33.2. The minimum absolute atomic E-state index is 0.108. The summed E-state index contributed by atoms with van der Waals surface area (Å²) in [7, 11) is -3.72. The van der Waals surface area contributed by atoms with E-state index in [4.69, 9.17) is 4.74 Å². The molecule has 1 amide bonds. The summed E-state index contributed by atoms with van der Waals surface area (Å²) in [6.45, 7) is 7.85. The number of nitrogens with one attached hydrogen (secondary N) is 2. The van der Waals surface area contributed by atoms with Gasteiger partial charge in [0.15, 0.2) is 6.61 Å². The van der Waals surface area contributed by atoms with Gasteiger partial charge in [-0.2, -0.15) is 0 Å². The second-order valence-corrected chi connectivity index (χ2v) is 9.66. The maximum absolute atomic E-state index is 12.6. The van der Waals surface area contributed by atoms with Crippen LogP contribution in [-0.4, -0.2) is 20.9 Å². The third kappa shape index (κ3) is 5.88. The molecule has 7 heteroatoms. The zero-order valence-electron chi connectivity index (χ0n) is 18.7. The van der Waals surface area contributed by atoms with E-state index < -0.39 is 10.0 Å². The smallest absolute Gasteiger partial charge is 0.262 e. The van der Waals surface area contributed by atoms with Crippen molar-refractivity contribution in [3.8, 4) is 5.75 Å². The van der Waals surface area contributed by atoms with E-state index in [1.165, 1.54) is 24.3 Å². The maximum Gasteiger partial charge on any atom is 0.262 e. The van der Waals surface area contributed by atoms with E-state index in [0.717, 1.165) is 22.4 Å². The van der Waals surface area contributed by atoms with Gasteiger partial charge >= 0.3 is 0 Å². The number of rotatable bonds is 8. The second kappa shape index (κ2) is 9.87. The van der Waals surface area contributed by atoms with Gasteiger partial charge in [-0.05, 0) is 67.3 Å². The highest BCUT2D eigenvalue weighted by molar-refractivity contribution is 7.92. The Kier molecular flexibility index (Phi) is 7.20. The molecule has 0 bridgehead atoms. The van der Waals surface area contributed by atoms with Crippen molar-refractivity contribution in [1.82, 2.24) is 0 Å². The molecule has 0 fully saturated rings. The summed E-state index contributed by atoms with van der Waals surface area (Å²) in [4.78, 5) is 12.5. The number of sulfonamides is 1. The molecule has 3 aromatic carbocycles. The van der Waals surface area contributed by atoms with Crippen molar-refractivity contribution in [3.05, 3.63) is 83.4 Å². The molecule has 0 atom stereocenters. The number of carbonyl (C=O) groups excluding carboxylic acids is 1. The Morgan fingerprint density at radius 2 is 1.59 bits per heavy atom. The molecule has 0 aromatic heterocycles. The molecule has 0 heterocycles. The van der Waals surface area contributed by atoms with Crippen molar-refractivity contribution in [1.29, 1.82) is 0 Å². The van der Waals surface area contributed by atoms with E-state index >= 15 is 0 Å². The lowest BCUT2D eigenvalue weighted by Crippen LogP contribution is -2.21. The second-order valence-electron chi connectivity index (χ2n) is 7.97. The number of amides is 1. The largest absolute Gasteiger partial charge is 0.484 e. The van der Waals surface area contributed by atoms with Gasteiger partial charge < -0.3 is 10.1 Å². The van der Waals surface area contributed by atoms with Gasteiger partial charge in [-0.1, -0.05) is 49.7 Å². The summed E-state index contributed by atoms with van der Waals surface area (Å²) in [6, 6.07) is 19.0. The molecule has 0 saturated heterocycles. The van der Waals surface area contributed by atoms with E-state index in [9.17, 15) is 13.2 Å². The Balaban J connectivity index is 1.61. The van der Waals surface area contributed by atoms with Crippen molar-refractivity contribution < 1.29 is 17.9 Å². The number of aryl methyl sites for hydroxylation is 2. The van der Waals surface area contributed by atoms with E-state index in [1.807, 2.05) is 44.2 Å². The van der Waals surface area contributed by atoms with Crippen LogP contribution in [0.3, 0.4) is 0 Å². The fourth-order valence-corrected chi connectivity index (χ4v) is 4.28. The molecule has 0 spiro atoms. The SMILES string of the molecule is Cc1ccc(NS(=O)(=O)c2ccc(OCC(=O)Nc3c(C)cccc3C(C)C)cc2)cc1. The van der Waals surface area contributed by atoms with Crippen LogP contribution in [0.25, 0.3) is 0 Å². The number of ether oxygens (including phenoxy) is 1. The van der Waals surface area contributed by atoms with Gasteiger partial charge in [-0.3, -0.25) is 9.52 Å². The summed E-state index contributed by atoms with van der Waals surface area (Å²) in [5, 5.41) is 2.93. The highest BCUT2D eigenvalue weighted by Crippen LogP contribution is 2.27. The lowest BCUT2D eigenvalue weighted by atomic mass is 9.98. The van der Waals surface area contributed by atoms with Gasteiger partial charge in [0.05, 0.1) is 4.90 Å². The fraction of sp³-hybridized carbons (Fsp3) is 0.240. The Morgan fingerprint density at radius 3 is 2.22 bits per heavy atom. The molecular weight excluding hydrogens is 424 g/mol. The Hall–Kier alpha value is -3.32. The molecule has 168 valence electrons. The Morgan fingerprint density at radius 1 is 0.938 bits per heavy atom. The van der Waals surface area contributed by atoms with Crippen LogP contribution in [0.1, 0.15) is 36.5 Å². The highest BCUT2D eigenvalue weighted by Gasteiger charge is 2.15. The molecule has 2 N–H and O–H groups in total.